The first kappa shape index (κ1) is 15.8. The lowest BCUT2D eigenvalue weighted by Gasteiger charge is -2.11. The van der Waals surface area contributed by atoms with E-state index >= 15 is 0 Å². The quantitative estimate of drug-likeness (QED) is 0.521. The maximum Gasteiger partial charge on any atom is 0.251 e. The molecule has 6 heteroatoms. The third kappa shape index (κ3) is 2.70. The van der Waals surface area contributed by atoms with Crippen LogP contribution in [0, 0.1) is 5.82 Å². The molecule has 0 unspecified atom stereocenters. The van der Waals surface area contributed by atoms with E-state index in [1.54, 1.807) is 12.1 Å². The third-order valence-corrected chi connectivity index (χ3v) is 5.15. The highest BCUT2D eigenvalue weighted by Crippen LogP contribution is 2.36. The molecule has 1 aliphatic carbocycles. The normalized spacial score (nSPS) is 12.6. The van der Waals surface area contributed by atoms with E-state index < -0.39 is 0 Å². The first-order valence-corrected chi connectivity index (χ1v) is 8.89. The minimum Gasteiger partial charge on any atom is -0.353 e. The highest BCUT2D eigenvalue weighted by molar-refractivity contribution is 6.00. The number of hydrogen-bond acceptors (Lipinski definition) is 2. The summed E-state index contributed by atoms with van der Waals surface area (Å²) in [6.07, 6.45) is 3.73. The molecule has 0 atom stereocenters. The van der Waals surface area contributed by atoms with Gasteiger partial charge >= 0.3 is 0 Å². The van der Waals surface area contributed by atoms with Gasteiger partial charge in [-0.15, -0.1) is 0 Å². The smallest absolute Gasteiger partial charge is 0.251 e. The summed E-state index contributed by atoms with van der Waals surface area (Å²) in [6.45, 7) is 0.361. The molecule has 0 radical (unpaired) electrons. The monoisotopic (exact) mass is 360 g/mol. The molecule has 5 rings (SSSR count). The molecule has 0 bridgehead atoms. The summed E-state index contributed by atoms with van der Waals surface area (Å²) < 4.78 is 13.0. The molecular weight excluding hydrogens is 343 g/mol. The standard InChI is InChI=1S/C21H17FN4O/c22-15-5-1-12(2-6-15)10-23-21(27)13-4-8-18-17(9-13)16-7-3-14-11-24-26-19(14)20(16)25-18/h1-2,4-6,8-9,11,25H,3,7,10H2,(H,23,27)(H,24,26). The molecule has 2 heterocycles. The first-order chi connectivity index (χ1) is 13.2. The van der Waals surface area contributed by atoms with Gasteiger partial charge in [0.15, 0.2) is 0 Å². The van der Waals surface area contributed by atoms with E-state index in [2.05, 4.69) is 20.5 Å². The Kier molecular flexibility index (Phi) is 3.57. The number of H-pyrrole nitrogens is 2. The van der Waals surface area contributed by atoms with Crippen molar-refractivity contribution in [2.75, 3.05) is 0 Å². The molecule has 0 spiro atoms. The molecule has 0 saturated heterocycles. The lowest BCUT2D eigenvalue weighted by atomic mass is 9.93. The van der Waals surface area contributed by atoms with Crippen molar-refractivity contribution < 1.29 is 9.18 Å². The van der Waals surface area contributed by atoms with Crippen LogP contribution < -0.4 is 5.32 Å². The number of aromatic amines is 2. The van der Waals surface area contributed by atoms with Crippen molar-refractivity contribution in [2.24, 2.45) is 0 Å². The topological polar surface area (TPSA) is 73.6 Å². The van der Waals surface area contributed by atoms with E-state index in [9.17, 15) is 9.18 Å². The van der Waals surface area contributed by atoms with Gasteiger partial charge in [0.05, 0.1) is 17.6 Å². The van der Waals surface area contributed by atoms with Crippen molar-refractivity contribution >= 4 is 16.8 Å². The number of fused-ring (bicyclic) bond motifs is 5. The molecule has 2 aromatic carbocycles. The average molecular weight is 360 g/mol. The van der Waals surface area contributed by atoms with Crippen molar-refractivity contribution in [2.45, 2.75) is 19.4 Å². The average Bonchev–Trinajstić information content (AvgIpc) is 3.30. The van der Waals surface area contributed by atoms with Crippen LogP contribution >= 0.6 is 0 Å². The predicted molar refractivity (Wildman–Crippen MR) is 101 cm³/mol. The molecule has 3 N–H and O–H groups in total. The Morgan fingerprint density at radius 1 is 1.11 bits per heavy atom. The van der Waals surface area contributed by atoms with E-state index in [-0.39, 0.29) is 11.7 Å². The third-order valence-electron chi connectivity index (χ3n) is 5.15. The van der Waals surface area contributed by atoms with Crippen LogP contribution in [-0.4, -0.2) is 21.1 Å². The van der Waals surface area contributed by atoms with Gasteiger partial charge in [-0.1, -0.05) is 12.1 Å². The van der Waals surface area contributed by atoms with Crippen LogP contribution in [0.4, 0.5) is 4.39 Å². The Morgan fingerprint density at radius 2 is 1.96 bits per heavy atom. The van der Waals surface area contributed by atoms with Crippen LogP contribution in [0.3, 0.4) is 0 Å². The van der Waals surface area contributed by atoms with Crippen LogP contribution in [0.2, 0.25) is 0 Å². The summed E-state index contributed by atoms with van der Waals surface area (Å²) in [6, 6.07) is 11.8. The number of nitrogens with zero attached hydrogens (tertiary/aromatic N) is 1. The van der Waals surface area contributed by atoms with E-state index in [4.69, 9.17) is 0 Å². The lowest BCUT2D eigenvalue weighted by molar-refractivity contribution is 0.0951. The SMILES string of the molecule is O=C(NCc1ccc(F)cc1)c1ccc2[nH]c3c(c2c1)CCc1cn[nH]c1-3. The minimum atomic E-state index is -0.284. The van der Waals surface area contributed by atoms with Gasteiger partial charge in [-0.05, 0) is 59.9 Å². The van der Waals surface area contributed by atoms with E-state index in [1.165, 1.54) is 23.3 Å². The number of aryl methyl sites for hydroxylation is 2. The summed E-state index contributed by atoms with van der Waals surface area (Å²) in [5.74, 6) is -0.428. The van der Waals surface area contributed by atoms with Gasteiger partial charge < -0.3 is 10.3 Å². The number of benzene rings is 2. The van der Waals surface area contributed by atoms with Gasteiger partial charge in [-0.2, -0.15) is 5.10 Å². The molecule has 5 nitrogen and oxygen atoms in total. The van der Waals surface area contributed by atoms with E-state index in [0.29, 0.717) is 12.1 Å². The zero-order chi connectivity index (χ0) is 18.4. The summed E-state index contributed by atoms with van der Waals surface area (Å²) in [5, 5.41) is 11.2. The molecule has 0 fully saturated rings. The molecule has 0 saturated carbocycles. The van der Waals surface area contributed by atoms with Crippen LogP contribution in [0.15, 0.2) is 48.7 Å². The minimum absolute atomic E-state index is 0.144. The van der Waals surface area contributed by atoms with Crippen LogP contribution in [0.25, 0.3) is 22.3 Å². The Balaban J connectivity index is 1.43. The number of halogens is 1. The maximum atomic E-state index is 13.0. The van der Waals surface area contributed by atoms with Gasteiger partial charge in [0.2, 0.25) is 0 Å². The summed E-state index contributed by atoms with van der Waals surface area (Å²) in [5.41, 5.74) is 7.01. The number of nitrogens with one attached hydrogen (secondary N) is 3. The Hall–Kier alpha value is -3.41. The van der Waals surface area contributed by atoms with E-state index in [1.807, 2.05) is 24.4 Å². The van der Waals surface area contributed by atoms with Gasteiger partial charge in [-0.3, -0.25) is 9.89 Å². The molecule has 4 aromatic rings. The number of hydrogen-bond donors (Lipinski definition) is 3. The van der Waals surface area contributed by atoms with Crippen molar-refractivity contribution in [3.05, 3.63) is 76.7 Å². The Morgan fingerprint density at radius 3 is 2.81 bits per heavy atom. The fourth-order valence-electron chi connectivity index (χ4n) is 3.73. The Bertz CT molecular complexity index is 1160. The fourth-order valence-corrected chi connectivity index (χ4v) is 3.73. The highest BCUT2D eigenvalue weighted by Gasteiger charge is 2.22. The van der Waals surface area contributed by atoms with Gasteiger partial charge in [0.1, 0.15) is 5.82 Å². The van der Waals surface area contributed by atoms with Crippen LogP contribution in [0.1, 0.15) is 27.0 Å². The second-order valence-corrected chi connectivity index (χ2v) is 6.82. The number of aromatic nitrogens is 3. The van der Waals surface area contributed by atoms with Crippen molar-refractivity contribution in [1.29, 1.82) is 0 Å². The lowest BCUT2D eigenvalue weighted by Crippen LogP contribution is -2.22. The second kappa shape index (κ2) is 6.09. The van der Waals surface area contributed by atoms with Gasteiger partial charge in [0.25, 0.3) is 5.91 Å². The Labute approximate surface area is 154 Å². The number of amides is 1. The number of carbonyl (C=O) groups excluding carboxylic acids is 1. The van der Waals surface area contributed by atoms with Gasteiger partial charge in [-0.25, -0.2) is 4.39 Å². The predicted octanol–water partition coefficient (Wildman–Crippen LogP) is 3.73. The summed E-state index contributed by atoms with van der Waals surface area (Å²) >= 11 is 0. The zero-order valence-corrected chi connectivity index (χ0v) is 14.5. The first-order valence-electron chi connectivity index (χ1n) is 8.89. The zero-order valence-electron chi connectivity index (χ0n) is 14.5. The number of carbonyl (C=O) groups is 1. The molecule has 2 aromatic heterocycles. The molecule has 1 amide bonds. The van der Waals surface area contributed by atoms with Crippen LogP contribution in [-0.2, 0) is 19.4 Å². The van der Waals surface area contributed by atoms with E-state index in [0.717, 1.165) is 40.7 Å². The summed E-state index contributed by atoms with van der Waals surface area (Å²) in [4.78, 5) is 16.0. The second-order valence-electron chi connectivity index (χ2n) is 6.82. The van der Waals surface area contributed by atoms with Crippen LogP contribution in [0.5, 0.6) is 0 Å². The molecular formula is C21H17FN4O. The highest BCUT2D eigenvalue weighted by atomic mass is 19.1. The largest absolute Gasteiger partial charge is 0.353 e. The van der Waals surface area contributed by atoms with Crippen molar-refractivity contribution in [3.63, 3.8) is 0 Å². The fraction of sp³-hybridized carbons (Fsp3) is 0.143. The molecule has 134 valence electrons. The summed E-state index contributed by atoms with van der Waals surface area (Å²) in [7, 11) is 0. The molecule has 27 heavy (non-hydrogen) atoms. The van der Waals surface area contributed by atoms with Crippen molar-refractivity contribution in [3.8, 4) is 11.4 Å². The molecule has 1 aliphatic rings. The molecule has 0 aliphatic heterocycles. The maximum absolute atomic E-state index is 13.0. The van der Waals surface area contributed by atoms with Crippen molar-refractivity contribution in [1.82, 2.24) is 20.5 Å². The van der Waals surface area contributed by atoms with Gasteiger partial charge in [0, 0.05) is 23.0 Å². The number of rotatable bonds is 3.